The van der Waals surface area contributed by atoms with E-state index >= 15 is 0 Å². The molecule has 3 saturated heterocycles. The van der Waals surface area contributed by atoms with E-state index in [1.807, 2.05) is 21.9 Å². The molecule has 4 rings (SSSR count). The maximum atomic E-state index is 12.8. The van der Waals surface area contributed by atoms with E-state index in [0.29, 0.717) is 31.7 Å². The monoisotopic (exact) mass is 358 g/mol. The van der Waals surface area contributed by atoms with Crippen LogP contribution in [0.3, 0.4) is 0 Å². The summed E-state index contributed by atoms with van der Waals surface area (Å²) in [6, 6.07) is 7.49. The van der Waals surface area contributed by atoms with Gasteiger partial charge in [0.1, 0.15) is 5.75 Å². The van der Waals surface area contributed by atoms with Crippen LogP contribution in [0.5, 0.6) is 5.75 Å². The molecule has 3 aliphatic rings. The fourth-order valence-corrected chi connectivity index (χ4v) is 4.54. The van der Waals surface area contributed by atoms with Crippen molar-refractivity contribution in [1.29, 1.82) is 0 Å². The number of rotatable bonds is 3. The highest BCUT2D eigenvalue weighted by Gasteiger charge is 2.46. The summed E-state index contributed by atoms with van der Waals surface area (Å²) < 4.78 is 11.3. The molecule has 1 aromatic rings. The Balaban J connectivity index is 1.43. The Kier molecular flexibility index (Phi) is 4.61. The van der Waals surface area contributed by atoms with E-state index in [0.717, 1.165) is 38.0 Å². The van der Waals surface area contributed by atoms with Gasteiger partial charge in [0.25, 0.3) is 5.91 Å². The van der Waals surface area contributed by atoms with Crippen molar-refractivity contribution in [3.63, 3.8) is 0 Å². The van der Waals surface area contributed by atoms with E-state index in [1.165, 1.54) is 0 Å². The Morgan fingerprint density at radius 2 is 2.08 bits per heavy atom. The molecule has 0 radical (unpaired) electrons. The van der Waals surface area contributed by atoms with Crippen LogP contribution in [-0.2, 0) is 9.53 Å². The second-order valence-electron chi connectivity index (χ2n) is 7.57. The number of carbonyl (C=O) groups is 2. The molecule has 0 bridgehead atoms. The largest absolute Gasteiger partial charge is 0.497 e. The zero-order valence-electron chi connectivity index (χ0n) is 15.3. The van der Waals surface area contributed by atoms with Gasteiger partial charge in [-0.2, -0.15) is 0 Å². The summed E-state index contributed by atoms with van der Waals surface area (Å²) in [7, 11) is 1.61. The number of ether oxygens (including phenoxy) is 2. The Hall–Kier alpha value is -2.08. The number of benzene rings is 1. The zero-order valence-corrected chi connectivity index (χ0v) is 15.3. The average molecular weight is 358 g/mol. The molecule has 2 atom stereocenters. The van der Waals surface area contributed by atoms with E-state index in [-0.39, 0.29) is 23.5 Å². The molecular weight excluding hydrogens is 332 g/mol. The summed E-state index contributed by atoms with van der Waals surface area (Å²) in [6.45, 7) is 2.84. The molecule has 1 spiro atoms. The number of likely N-dealkylation sites (tertiary alicyclic amines) is 2. The molecule has 3 fully saturated rings. The van der Waals surface area contributed by atoms with Crippen molar-refractivity contribution in [1.82, 2.24) is 9.80 Å². The summed E-state index contributed by atoms with van der Waals surface area (Å²) in [4.78, 5) is 28.8. The van der Waals surface area contributed by atoms with Gasteiger partial charge in [0.05, 0.1) is 19.3 Å². The summed E-state index contributed by atoms with van der Waals surface area (Å²) in [5.41, 5.74) is 0.374. The first-order chi connectivity index (χ1) is 12.6. The number of carbonyl (C=O) groups excluding carboxylic acids is 2. The molecule has 0 aromatic heterocycles. The zero-order chi connectivity index (χ0) is 18.1. The van der Waals surface area contributed by atoms with Crippen LogP contribution in [0.1, 0.15) is 42.5 Å². The highest BCUT2D eigenvalue weighted by molar-refractivity contribution is 5.94. The second-order valence-corrected chi connectivity index (χ2v) is 7.57. The van der Waals surface area contributed by atoms with Crippen LogP contribution in [0, 0.1) is 0 Å². The van der Waals surface area contributed by atoms with Crippen LogP contribution in [0.2, 0.25) is 0 Å². The highest BCUT2D eigenvalue weighted by Crippen LogP contribution is 2.37. The minimum absolute atomic E-state index is 0.0347. The molecule has 0 aliphatic carbocycles. The molecule has 0 N–H and O–H groups in total. The third-order valence-corrected chi connectivity index (χ3v) is 5.96. The maximum Gasteiger partial charge on any atom is 0.253 e. The van der Waals surface area contributed by atoms with Gasteiger partial charge in [0.15, 0.2) is 0 Å². The van der Waals surface area contributed by atoms with Crippen molar-refractivity contribution < 1.29 is 19.1 Å². The first kappa shape index (κ1) is 17.3. The molecule has 3 heterocycles. The SMILES string of the molecule is COc1ccc(C(=O)N2CC[C@]3(C[C@@H](N4CCCC4=O)CCO3)C2)cc1. The van der Waals surface area contributed by atoms with Crippen molar-refractivity contribution in [2.24, 2.45) is 0 Å². The maximum absolute atomic E-state index is 12.8. The fourth-order valence-electron chi connectivity index (χ4n) is 4.54. The van der Waals surface area contributed by atoms with Crippen molar-refractivity contribution in [3.05, 3.63) is 29.8 Å². The molecule has 6 nitrogen and oxygen atoms in total. The van der Waals surface area contributed by atoms with Gasteiger partial charge in [-0.25, -0.2) is 0 Å². The van der Waals surface area contributed by atoms with Gasteiger partial charge in [0.2, 0.25) is 5.91 Å². The van der Waals surface area contributed by atoms with Gasteiger partial charge < -0.3 is 19.3 Å². The van der Waals surface area contributed by atoms with Gasteiger partial charge in [-0.05, 0) is 49.9 Å². The van der Waals surface area contributed by atoms with Crippen LogP contribution < -0.4 is 4.74 Å². The number of hydrogen-bond donors (Lipinski definition) is 0. The quantitative estimate of drug-likeness (QED) is 0.830. The predicted molar refractivity (Wildman–Crippen MR) is 96.2 cm³/mol. The lowest BCUT2D eigenvalue weighted by Gasteiger charge is -2.41. The molecule has 6 heteroatoms. The highest BCUT2D eigenvalue weighted by atomic mass is 16.5. The van der Waals surface area contributed by atoms with Crippen LogP contribution in [-0.4, -0.2) is 66.6 Å². The topological polar surface area (TPSA) is 59.1 Å². The molecule has 2 amide bonds. The lowest BCUT2D eigenvalue weighted by molar-refractivity contribution is -0.137. The van der Waals surface area contributed by atoms with Crippen LogP contribution >= 0.6 is 0 Å². The van der Waals surface area contributed by atoms with Crippen molar-refractivity contribution >= 4 is 11.8 Å². The smallest absolute Gasteiger partial charge is 0.253 e. The van der Waals surface area contributed by atoms with Gasteiger partial charge in [-0.15, -0.1) is 0 Å². The summed E-state index contributed by atoms with van der Waals surface area (Å²) in [5.74, 6) is 1.05. The fraction of sp³-hybridized carbons (Fsp3) is 0.600. The second kappa shape index (κ2) is 6.91. The molecule has 0 unspecified atom stereocenters. The van der Waals surface area contributed by atoms with Crippen molar-refractivity contribution in [2.75, 3.05) is 33.4 Å². The Morgan fingerprint density at radius 3 is 2.77 bits per heavy atom. The summed E-state index contributed by atoms with van der Waals surface area (Å²) in [5, 5.41) is 0. The molecule has 26 heavy (non-hydrogen) atoms. The number of nitrogens with zero attached hydrogens (tertiary/aromatic N) is 2. The minimum Gasteiger partial charge on any atom is -0.497 e. The Labute approximate surface area is 154 Å². The normalized spacial score (nSPS) is 28.8. The van der Waals surface area contributed by atoms with Gasteiger partial charge in [-0.1, -0.05) is 0 Å². The number of amides is 2. The third kappa shape index (κ3) is 3.18. The van der Waals surface area contributed by atoms with E-state index in [4.69, 9.17) is 9.47 Å². The molecule has 1 aromatic carbocycles. The van der Waals surface area contributed by atoms with Gasteiger partial charge >= 0.3 is 0 Å². The van der Waals surface area contributed by atoms with Gasteiger partial charge in [0, 0.05) is 37.7 Å². The van der Waals surface area contributed by atoms with Gasteiger partial charge in [-0.3, -0.25) is 9.59 Å². The van der Waals surface area contributed by atoms with Crippen molar-refractivity contribution in [3.8, 4) is 5.75 Å². The van der Waals surface area contributed by atoms with Crippen molar-refractivity contribution in [2.45, 2.75) is 43.7 Å². The Morgan fingerprint density at radius 1 is 1.27 bits per heavy atom. The number of methoxy groups -OCH3 is 1. The van der Waals surface area contributed by atoms with E-state index in [9.17, 15) is 9.59 Å². The van der Waals surface area contributed by atoms with E-state index < -0.39 is 0 Å². The summed E-state index contributed by atoms with van der Waals surface area (Å²) in [6.07, 6.45) is 4.22. The lowest BCUT2D eigenvalue weighted by atomic mass is 9.89. The third-order valence-electron chi connectivity index (χ3n) is 5.96. The van der Waals surface area contributed by atoms with Crippen LogP contribution in [0.25, 0.3) is 0 Å². The Bertz CT molecular complexity index is 690. The molecule has 3 aliphatic heterocycles. The molecule has 0 saturated carbocycles. The molecule has 140 valence electrons. The van der Waals surface area contributed by atoms with E-state index in [1.54, 1.807) is 19.2 Å². The standard InChI is InChI=1S/C20H26N2O4/c1-25-17-6-4-15(5-7-17)19(24)21-11-9-20(14-21)13-16(8-12-26-20)22-10-2-3-18(22)23/h4-7,16H,2-3,8-14H2,1H3/t16-,20-/m0/s1. The van der Waals surface area contributed by atoms with Crippen LogP contribution in [0.4, 0.5) is 0 Å². The molecular formula is C20H26N2O4. The summed E-state index contributed by atoms with van der Waals surface area (Å²) >= 11 is 0. The van der Waals surface area contributed by atoms with Crippen LogP contribution in [0.15, 0.2) is 24.3 Å². The van der Waals surface area contributed by atoms with E-state index in [2.05, 4.69) is 0 Å². The lowest BCUT2D eigenvalue weighted by Crippen LogP contribution is -2.50. The first-order valence-electron chi connectivity index (χ1n) is 9.47. The first-order valence-corrected chi connectivity index (χ1v) is 9.47. The predicted octanol–water partition coefficient (Wildman–Crippen LogP) is 2.08. The average Bonchev–Trinajstić information content (AvgIpc) is 3.28. The minimum atomic E-state index is -0.298. The number of hydrogen-bond acceptors (Lipinski definition) is 4.